The van der Waals surface area contributed by atoms with Crippen molar-refractivity contribution in [1.82, 2.24) is 4.90 Å². The number of hydrogen-bond donors (Lipinski definition) is 0. The summed E-state index contributed by atoms with van der Waals surface area (Å²) >= 11 is 1.69. The van der Waals surface area contributed by atoms with Crippen molar-refractivity contribution in [2.45, 2.75) is 44.1 Å². The summed E-state index contributed by atoms with van der Waals surface area (Å²) in [6, 6.07) is 18.9. The van der Waals surface area contributed by atoms with Crippen LogP contribution >= 0.6 is 11.8 Å². The number of carbonyl (C=O) groups is 1. The third kappa shape index (κ3) is 3.31. The van der Waals surface area contributed by atoms with E-state index >= 15 is 0 Å². The lowest BCUT2D eigenvalue weighted by Crippen LogP contribution is -2.56. The molecule has 1 saturated carbocycles. The van der Waals surface area contributed by atoms with Gasteiger partial charge in [0, 0.05) is 12.3 Å². The third-order valence-corrected chi connectivity index (χ3v) is 8.01. The molecular formula is C26H28N2OS. The summed E-state index contributed by atoms with van der Waals surface area (Å²) in [5, 5.41) is 0. The van der Waals surface area contributed by atoms with E-state index in [1.165, 1.54) is 24.0 Å². The van der Waals surface area contributed by atoms with Crippen molar-refractivity contribution in [1.29, 1.82) is 0 Å². The van der Waals surface area contributed by atoms with Gasteiger partial charge in [-0.2, -0.15) is 0 Å². The highest BCUT2D eigenvalue weighted by molar-refractivity contribution is 8.00. The number of amides is 1. The molecule has 1 fully saturated rings. The Morgan fingerprint density at radius 2 is 1.83 bits per heavy atom. The highest BCUT2D eigenvalue weighted by atomic mass is 32.2. The monoisotopic (exact) mass is 416 g/mol. The number of aliphatic imine (C=N–C) groups is 1. The number of hydrogen-bond acceptors (Lipinski definition) is 3. The lowest BCUT2D eigenvalue weighted by atomic mass is 9.61. The van der Waals surface area contributed by atoms with E-state index in [4.69, 9.17) is 4.99 Å². The van der Waals surface area contributed by atoms with Gasteiger partial charge in [0.25, 0.3) is 0 Å². The molecule has 2 aliphatic carbocycles. The second-order valence-corrected chi connectivity index (χ2v) is 9.84. The Balaban J connectivity index is 1.61. The smallest absolute Gasteiger partial charge is 0.234 e. The van der Waals surface area contributed by atoms with Crippen LogP contribution in [0.5, 0.6) is 0 Å². The number of benzene rings is 2. The van der Waals surface area contributed by atoms with Crippen LogP contribution < -0.4 is 0 Å². The average Bonchev–Trinajstić information content (AvgIpc) is 3.23. The first-order chi connectivity index (χ1) is 14.7. The summed E-state index contributed by atoms with van der Waals surface area (Å²) in [5.74, 6) is 0.929. The molecule has 3 nitrogen and oxygen atoms in total. The van der Waals surface area contributed by atoms with Gasteiger partial charge >= 0.3 is 0 Å². The second-order valence-electron chi connectivity index (χ2n) is 8.75. The largest absolute Gasteiger partial charge is 0.307 e. The number of rotatable bonds is 5. The normalized spacial score (nSPS) is 24.3. The quantitative estimate of drug-likeness (QED) is 0.607. The number of thioether (sulfide) groups is 1. The van der Waals surface area contributed by atoms with E-state index < -0.39 is 0 Å². The molecule has 0 radical (unpaired) electrons. The third-order valence-electron chi connectivity index (χ3n) is 6.93. The van der Waals surface area contributed by atoms with Gasteiger partial charge < -0.3 is 4.90 Å². The number of carbonyl (C=O) groups excluding carboxylic acids is 1. The van der Waals surface area contributed by atoms with Gasteiger partial charge in [-0.05, 0) is 41.4 Å². The van der Waals surface area contributed by atoms with Crippen LogP contribution in [0, 0.1) is 11.3 Å². The van der Waals surface area contributed by atoms with Gasteiger partial charge in [-0.1, -0.05) is 73.5 Å². The van der Waals surface area contributed by atoms with Crippen LogP contribution in [0.1, 0.15) is 42.4 Å². The maximum atomic E-state index is 14.1. The summed E-state index contributed by atoms with van der Waals surface area (Å²) < 4.78 is 0. The molecule has 154 valence electrons. The van der Waals surface area contributed by atoms with Crippen LogP contribution in [0.3, 0.4) is 0 Å². The Hall–Kier alpha value is -2.33. The zero-order valence-electron chi connectivity index (χ0n) is 17.3. The van der Waals surface area contributed by atoms with E-state index in [0.717, 1.165) is 36.3 Å². The zero-order chi connectivity index (χ0) is 20.6. The molecule has 0 bridgehead atoms. The molecule has 0 saturated heterocycles. The van der Waals surface area contributed by atoms with Gasteiger partial charge in [0.1, 0.15) is 0 Å². The second kappa shape index (κ2) is 8.07. The van der Waals surface area contributed by atoms with Crippen molar-refractivity contribution in [2.24, 2.45) is 16.3 Å². The lowest BCUT2D eigenvalue weighted by Gasteiger charge is -2.48. The standard InChI is InChI=1S/C26H28N2OS/c1-2-16-30-25-27-23-21-13-7-6-12-20(21)17-26(14-8-9-15-26)22(23)24(29)28(25)18-19-10-4-3-5-11-19/h2-7,10-13,22,25H,1,8-9,14-18H2/t22?,25-/m1/s1. The van der Waals surface area contributed by atoms with E-state index in [1.807, 2.05) is 29.2 Å². The van der Waals surface area contributed by atoms with Gasteiger partial charge in [-0.3, -0.25) is 9.79 Å². The molecule has 3 aliphatic rings. The Kier molecular flexibility index (Phi) is 5.28. The van der Waals surface area contributed by atoms with Crippen molar-refractivity contribution >= 4 is 23.4 Å². The van der Waals surface area contributed by atoms with Crippen LogP contribution in [-0.4, -0.2) is 27.8 Å². The van der Waals surface area contributed by atoms with Crippen molar-refractivity contribution in [2.75, 3.05) is 5.75 Å². The van der Waals surface area contributed by atoms with E-state index in [-0.39, 0.29) is 22.7 Å². The van der Waals surface area contributed by atoms with Crippen LogP contribution in [0.25, 0.3) is 0 Å². The first-order valence-corrected chi connectivity index (χ1v) is 12.0. The van der Waals surface area contributed by atoms with Crippen LogP contribution in [0.15, 0.2) is 72.2 Å². The molecule has 4 heteroatoms. The van der Waals surface area contributed by atoms with E-state index in [2.05, 4.69) is 43.0 Å². The van der Waals surface area contributed by atoms with Crippen molar-refractivity contribution in [3.8, 4) is 0 Å². The molecule has 2 aromatic rings. The van der Waals surface area contributed by atoms with Crippen LogP contribution in [-0.2, 0) is 17.8 Å². The van der Waals surface area contributed by atoms with Gasteiger partial charge in [-0.15, -0.1) is 18.3 Å². The minimum atomic E-state index is -0.202. The van der Waals surface area contributed by atoms with E-state index in [0.29, 0.717) is 6.54 Å². The topological polar surface area (TPSA) is 32.7 Å². The van der Waals surface area contributed by atoms with Crippen molar-refractivity contribution in [3.63, 3.8) is 0 Å². The average molecular weight is 417 g/mol. The molecular weight excluding hydrogens is 388 g/mol. The van der Waals surface area contributed by atoms with Gasteiger partial charge in [0.2, 0.25) is 5.91 Å². The van der Waals surface area contributed by atoms with Gasteiger partial charge in [0.15, 0.2) is 5.50 Å². The maximum Gasteiger partial charge on any atom is 0.234 e. The predicted octanol–water partition coefficient (Wildman–Crippen LogP) is 5.45. The SMILES string of the molecule is C=CCS[C@@H]1N=C2c3ccccc3CC3(CCCC3)C2C(=O)N1Cc1ccccc1. The molecule has 1 heterocycles. The minimum absolute atomic E-state index is 0.0350. The van der Waals surface area contributed by atoms with Crippen molar-refractivity contribution < 1.29 is 4.79 Å². The molecule has 1 amide bonds. The first-order valence-electron chi connectivity index (χ1n) is 10.9. The number of fused-ring (bicyclic) bond motifs is 4. The summed E-state index contributed by atoms with van der Waals surface area (Å²) in [5.41, 5.74) is 4.59. The first kappa shape index (κ1) is 19.6. The highest BCUT2D eigenvalue weighted by Gasteiger charge is 2.54. The molecule has 5 rings (SSSR count). The number of nitrogens with zero attached hydrogens (tertiary/aromatic N) is 2. The van der Waals surface area contributed by atoms with Crippen molar-refractivity contribution in [3.05, 3.63) is 83.9 Å². The fourth-order valence-electron chi connectivity index (χ4n) is 5.60. The summed E-state index contributed by atoms with van der Waals surface area (Å²) in [7, 11) is 0. The predicted molar refractivity (Wildman–Crippen MR) is 125 cm³/mol. The Morgan fingerprint density at radius 3 is 2.60 bits per heavy atom. The van der Waals surface area contributed by atoms with Crippen LogP contribution in [0.4, 0.5) is 0 Å². The molecule has 2 aromatic carbocycles. The Morgan fingerprint density at radius 1 is 1.10 bits per heavy atom. The molecule has 30 heavy (non-hydrogen) atoms. The molecule has 0 N–H and O–H groups in total. The van der Waals surface area contributed by atoms with E-state index in [1.54, 1.807) is 11.8 Å². The molecule has 1 aliphatic heterocycles. The van der Waals surface area contributed by atoms with Crippen LogP contribution in [0.2, 0.25) is 0 Å². The van der Waals surface area contributed by atoms with Gasteiger partial charge in [-0.25, -0.2) is 0 Å². The molecule has 1 unspecified atom stereocenters. The van der Waals surface area contributed by atoms with Gasteiger partial charge in [0.05, 0.1) is 11.6 Å². The summed E-state index contributed by atoms with van der Waals surface area (Å²) in [6.45, 7) is 4.49. The minimum Gasteiger partial charge on any atom is -0.307 e. The fourth-order valence-corrected chi connectivity index (χ4v) is 6.45. The summed E-state index contributed by atoms with van der Waals surface area (Å²) in [6.07, 6.45) is 7.58. The Bertz CT molecular complexity index is 978. The molecule has 0 aromatic heterocycles. The van der Waals surface area contributed by atoms with E-state index in [9.17, 15) is 4.79 Å². The zero-order valence-corrected chi connectivity index (χ0v) is 18.1. The molecule has 1 spiro atoms. The Labute approximate surface area is 183 Å². The highest BCUT2D eigenvalue weighted by Crippen LogP contribution is 2.53. The summed E-state index contributed by atoms with van der Waals surface area (Å²) in [4.78, 5) is 21.4. The lowest BCUT2D eigenvalue weighted by molar-refractivity contribution is -0.139. The maximum absolute atomic E-state index is 14.1. The molecule has 2 atom stereocenters. The fraction of sp³-hybridized carbons (Fsp3) is 0.385.